The highest BCUT2D eigenvalue weighted by atomic mass is 32.2. The van der Waals surface area contributed by atoms with Crippen molar-refractivity contribution >= 4 is 23.8 Å². The molecule has 1 unspecified atom stereocenters. The van der Waals surface area contributed by atoms with Gasteiger partial charge in [0.05, 0.1) is 6.42 Å². The minimum absolute atomic E-state index is 0.0189. The molecule has 1 atom stereocenters. The maximum atomic E-state index is 11.9. The first-order valence-corrected chi connectivity index (χ1v) is 8.17. The van der Waals surface area contributed by atoms with Crippen molar-refractivity contribution in [3.63, 3.8) is 0 Å². The molecule has 6 heteroatoms. The van der Waals surface area contributed by atoms with Crippen molar-refractivity contribution in [3.8, 4) is 0 Å². The van der Waals surface area contributed by atoms with E-state index in [4.69, 9.17) is 5.11 Å². The van der Waals surface area contributed by atoms with Crippen LogP contribution in [-0.4, -0.2) is 53.1 Å². The Labute approximate surface area is 120 Å². The second-order valence-corrected chi connectivity index (χ2v) is 5.50. The second-order valence-electron chi connectivity index (χ2n) is 4.52. The van der Waals surface area contributed by atoms with Crippen LogP contribution in [0.1, 0.15) is 39.5 Å². The van der Waals surface area contributed by atoms with E-state index in [1.807, 2.05) is 18.7 Å². The van der Waals surface area contributed by atoms with Crippen LogP contribution in [0.25, 0.3) is 0 Å². The average Bonchev–Trinajstić information content (AvgIpc) is 2.33. The molecule has 0 aromatic carbocycles. The molecule has 19 heavy (non-hydrogen) atoms. The van der Waals surface area contributed by atoms with Gasteiger partial charge in [-0.25, -0.2) is 4.79 Å². The fourth-order valence-electron chi connectivity index (χ4n) is 1.86. The maximum absolute atomic E-state index is 11.9. The topological polar surface area (TPSA) is 69.6 Å². The van der Waals surface area contributed by atoms with Crippen LogP contribution in [0.2, 0.25) is 0 Å². The number of aliphatic carboxylic acids is 1. The molecule has 2 amide bonds. The number of carbonyl (C=O) groups is 2. The third-order valence-electron chi connectivity index (χ3n) is 2.91. The highest BCUT2D eigenvalue weighted by Crippen LogP contribution is 2.05. The zero-order valence-corrected chi connectivity index (χ0v) is 13.0. The third-order valence-corrected chi connectivity index (χ3v) is 3.60. The number of urea groups is 1. The van der Waals surface area contributed by atoms with Gasteiger partial charge in [-0.1, -0.05) is 6.42 Å². The van der Waals surface area contributed by atoms with Gasteiger partial charge in [-0.3, -0.25) is 4.79 Å². The van der Waals surface area contributed by atoms with Gasteiger partial charge in [0.15, 0.2) is 0 Å². The molecular weight excluding hydrogens is 264 g/mol. The fraction of sp³-hybridized carbons (Fsp3) is 0.846. The standard InChI is InChI=1S/C13H26N2O3S/c1-4-15(11(2)10-12(16)17)13(18)14-8-6-5-7-9-19-3/h11H,4-10H2,1-3H3,(H,14,18)(H,16,17). The summed E-state index contributed by atoms with van der Waals surface area (Å²) < 4.78 is 0. The van der Waals surface area contributed by atoms with E-state index in [2.05, 4.69) is 11.6 Å². The second kappa shape index (κ2) is 11.0. The lowest BCUT2D eigenvalue weighted by Gasteiger charge is -2.27. The van der Waals surface area contributed by atoms with Crippen LogP contribution in [0.4, 0.5) is 4.79 Å². The van der Waals surface area contributed by atoms with Crippen LogP contribution in [-0.2, 0) is 4.79 Å². The van der Waals surface area contributed by atoms with E-state index in [0.717, 1.165) is 18.6 Å². The summed E-state index contributed by atoms with van der Waals surface area (Å²) in [7, 11) is 0. The molecule has 0 aliphatic heterocycles. The summed E-state index contributed by atoms with van der Waals surface area (Å²) in [5.74, 6) is 0.279. The van der Waals surface area contributed by atoms with E-state index in [1.165, 1.54) is 6.42 Å². The van der Waals surface area contributed by atoms with Gasteiger partial charge >= 0.3 is 12.0 Å². The minimum atomic E-state index is -0.879. The Bertz CT molecular complexity index is 275. The van der Waals surface area contributed by atoms with E-state index >= 15 is 0 Å². The van der Waals surface area contributed by atoms with Gasteiger partial charge in [0, 0.05) is 19.1 Å². The summed E-state index contributed by atoms with van der Waals surface area (Å²) in [6.45, 7) is 4.79. The van der Waals surface area contributed by atoms with Crippen molar-refractivity contribution in [2.24, 2.45) is 0 Å². The average molecular weight is 290 g/mol. The van der Waals surface area contributed by atoms with Gasteiger partial charge in [-0.2, -0.15) is 11.8 Å². The van der Waals surface area contributed by atoms with Gasteiger partial charge < -0.3 is 15.3 Å². The molecule has 0 saturated heterocycles. The third kappa shape index (κ3) is 8.75. The Kier molecular flexibility index (Phi) is 10.4. The molecule has 0 bridgehead atoms. The van der Waals surface area contributed by atoms with E-state index < -0.39 is 5.97 Å². The van der Waals surface area contributed by atoms with E-state index in [-0.39, 0.29) is 18.5 Å². The minimum Gasteiger partial charge on any atom is -0.481 e. The molecule has 0 aromatic rings. The Balaban J connectivity index is 3.91. The summed E-state index contributed by atoms with van der Waals surface area (Å²) in [6.07, 6.45) is 5.32. The van der Waals surface area contributed by atoms with Crippen LogP contribution in [0.5, 0.6) is 0 Å². The van der Waals surface area contributed by atoms with Crippen molar-refractivity contribution < 1.29 is 14.7 Å². The number of unbranched alkanes of at least 4 members (excludes halogenated alkanes) is 2. The lowest BCUT2D eigenvalue weighted by molar-refractivity contribution is -0.138. The first kappa shape index (κ1) is 18.1. The van der Waals surface area contributed by atoms with Crippen LogP contribution in [0, 0.1) is 0 Å². The van der Waals surface area contributed by atoms with Crippen LogP contribution in [0.15, 0.2) is 0 Å². The SMILES string of the molecule is CCN(C(=O)NCCCCCSC)C(C)CC(=O)O. The molecule has 0 aromatic heterocycles. The number of carboxylic acids is 1. The smallest absolute Gasteiger partial charge is 0.317 e. The van der Waals surface area contributed by atoms with Gasteiger partial charge in [0.25, 0.3) is 0 Å². The van der Waals surface area contributed by atoms with Crippen molar-refractivity contribution in [1.29, 1.82) is 0 Å². The normalized spacial score (nSPS) is 11.9. The Morgan fingerprint density at radius 2 is 2.00 bits per heavy atom. The lowest BCUT2D eigenvalue weighted by Crippen LogP contribution is -2.45. The summed E-state index contributed by atoms with van der Waals surface area (Å²) in [6, 6.07) is -0.444. The number of amides is 2. The zero-order valence-electron chi connectivity index (χ0n) is 12.1. The molecular formula is C13H26N2O3S. The zero-order chi connectivity index (χ0) is 14.7. The van der Waals surface area contributed by atoms with Crippen molar-refractivity contribution in [2.45, 2.75) is 45.6 Å². The molecule has 0 radical (unpaired) electrons. The number of rotatable bonds is 10. The quantitative estimate of drug-likeness (QED) is 0.606. The predicted molar refractivity (Wildman–Crippen MR) is 79.7 cm³/mol. The number of carboxylic acid groups (broad SMARTS) is 1. The lowest BCUT2D eigenvalue weighted by atomic mass is 10.2. The van der Waals surface area contributed by atoms with Crippen LogP contribution >= 0.6 is 11.8 Å². The highest BCUT2D eigenvalue weighted by Gasteiger charge is 2.19. The molecule has 0 saturated carbocycles. The van der Waals surface area contributed by atoms with Crippen LogP contribution < -0.4 is 5.32 Å². The Morgan fingerprint density at radius 1 is 1.32 bits per heavy atom. The number of hydrogen-bond donors (Lipinski definition) is 2. The molecule has 0 fully saturated rings. The fourth-order valence-corrected chi connectivity index (χ4v) is 2.36. The van der Waals surface area contributed by atoms with Gasteiger partial charge in [-0.05, 0) is 38.7 Å². The maximum Gasteiger partial charge on any atom is 0.317 e. The molecule has 2 N–H and O–H groups in total. The first-order valence-electron chi connectivity index (χ1n) is 6.78. The molecule has 0 spiro atoms. The molecule has 0 rings (SSSR count). The largest absolute Gasteiger partial charge is 0.481 e. The Morgan fingerprint density at radius 3 is 2.53 bits per heavy atom. The molecule has 5 nitrogen and oxygen atoms in total. The van der Waals surface area contributed by atoms with Gasteiger partial charge in [0.2, 0.25) is 0 Å². The number of thioether (sulfide) groups is 1. The van der Waals surface area contributed by atoms with Crippen LogP contribution in [0.3, 0.4) is 0 Å². The highest BCUT2D eigenvalue weighted by molar-refractivity contribution is 7.98. The number of nitrogens with one attached hydrogen (secondary N) is 1. The monoisotopic (exact) mass is 290 g/mol. The first-order chi connectivity index (χ1) is 9.02. The molecule has 0 aliphatic rings. The van der Waals surface area contributed by atoms with Crippen molar-refractivity contribution in [3.05, 3.63) is 0 Å². The van der Waals surface area contributed by atoms with E-state index in [0.29, 0.717) is 13.1 Å². The van der Waals surface area contributed by atoms with Gasteiger partial charge in [0.1, 0.15) is 0 Å². The predicted octanol–water partition coefficient (Wildman–Crippen LogP) is 2.41. The summed E-state index contributed by atoms with van der Waals surface area (Å²) >= 11 is 1.83. The van der Waals surface area contributed by atoms with Crippen molar-refractivity contribution in [1.82, 2.24) is 10.2 Å². The Hall–Kier alpha value is -0.910. The van der Waals surface area contributed by atoms with E-state index in [9.17, 15) is 9.59 Å². The van der Waals surface area contributed by atoms with Crippen molar-refractivity contribution in [2.75, 3.05) is 25.1 Å². The summed E-state index contributed by atoms with van der Waals surface area (Å²) in [5, 5.41) is 11.6. The molecule has 0 aliphatic carbocycles. The molecule has 0 heterocycles. The number of hydrogen-bond acceptors (Lipinski definition) is 3. The number of nitrogens with zero attached hydrogens (tertiary/aromatic N) is 1. The van der Waals surface area contributed by atoms with Gasteiger partial charge in [-0.15, -0.1) is 0 Å². The molecule has 112 valence electrons. The summed E-state index contributed by atoms with van der Waals surface area (Å²) in [5.41, 5.74) is 0. The van der Waals surface area contributed by atoms with E-state index in [1.54, 1.807) is 11.8 Å². The number of carbonyl (C=O) groups excluding carboxylic acids is 1. The summed E-state index contributed by atoms with van der Waals surface area (Å²) in [4.78, 5) is 24.1.